The quantitative estimate of drug-likeness (QED) is 0.458. The number of alkyl halides is 3. The van der Waals surface area contributed by atoms with Gasteiger partial charge in [0.15, 0.2) is 0 Å². The smallest absolute Gasteiger partial charge is 0.317 e. The number of rotatable bonds is 5. The van der Waals surface area contributed by atoms with Gasteiger partial charge in [0.1, 0.15) is 4.90 Å². The number of tetrazole rings is 1. The van der Waals surface area contributed by atoms with Crippen LogP contribution in [0.15, 0.2) is 41.3 Å². The van der Waals surface area contributed by atoms with Crippen molar-refractivity contribution in [1.29, 1.82) is 0 Å². The van der Waals surface area contributed by atoms with Gasteiger partial charge in [-0.3, -0.25) is 0 Å². The average molecular weight is 536 g/mol. The van der Waals surface area contributed by atoms with Crippen molar-refractivity contribution in [2.24, 2.45) is 5.14 Å². The molecule has 0 atom stereocenters. The van der Waals surface area contributed by atoms with E-state index < -0.39 is 26.7 Å². The SMILES string of the molecule is NS(=O)(=O)c1c(C(F)(F)F)ccc(-c2ccc(C3CCN(C4CCNCC4)CC3)cc2)c1-c1nn[nH]n1. The Kier molecular flexibility index (Phi) is 7.05. The normalized spacial score (nSPS) is 18.8. The molecule has 3 aromatic rings. The van der Waals surface area contributed by atoms with Crippen molar-refractivity contribution in [3.05, 3.63) is 47.5 Å². The fourth-order valence-corrected chi connectivity index (χ4v) is 6.51. The van der Waals surface area contributed by atoms with Gasteiger partial charge < -0.3 is 10.2 Å². The van der Waals surface area contributed by atoms with Gasteiger partial charge in [-0.1, -0.05) is 30.3 Å². The highest BCUT2D eigenvalue weighted by molar-refractivity contribution is 7.89. The summed E-state index contributed by atoms with van der Waals surface area (Å²) in [6.07, 6.45) is -0.530. The first-order valence-corrected chi connectivity index (χ1v) is 13.7. The molecule has 4 N–H and O–H groups in total. The number of H-pyrrole nitrogens is 1. The predicted molar refractivity (Wildman–Crippen MR) is 131 cm³/mol. The first kappa shape index (κ1) is 25.8. The Morgan fingerprint density at radius 1 is 0.973 bits per heavy atom. The third-order valence-corrected chi connectivity index (χ3v) is 8.36. The number of halogens is 3. The maximum Gasteiger partial charge on any atom is 0.417 e. The first-order valence-electron chi connectivity index (χ1n) is 12.2. The second kappa shape index (κ2) is 10.1. The second-order valence-corrected chi connectivity index (χ2v) is 11.1. The number of primary sulfonamides is 1. The Morgan fingerprint density at radius 3 is 2.22 bits per heavy atom. The Morgan fingerprint density at radius 2 is 1.65 bits per heavy atom. The van der Waals surface area contributed by atoms with Crippen molar-refractivity contribution in [1.82, 2.24) is 30.8 Å². The van der Waals surface area contributed by atoms with Gasteiger partial charge in [0, 0.05) is 6.04 Å². The van der Waals surface area contributed by atoms with E-state index in [0.29, 0.717) is 17.5 Å². The van der Waals surface area contributed by atoms with Gasteiger partial charge in [0.2, 0.25) is 15.8 Å². The minimum atomic E-state index is -4.95. The minimum Gasteiger partial charge on any atom is -0.317 e. The lowest BCUT2D eigenvalue weighted by atomic mass is 9.87. The van der Waals surface area contributed by atoms with Gasteiger partial charge in [-0.05, 0) is 85.8 Å². The van der Waals surface area contributed by atoms with Crippen LogP contribution in [0.1, 0.15) is 42.7 Å². The third kappa shape index (κ3) is 5.40. The molecule has 0 amide bonds. The lowest BCUT2D eigenvalue weighted by Gasteiger charge is -2.39. The molecular formula is C24H28F3N7O2S. The molecule has 9 nitrogen and oxygen atoms in total. The number of benzene rings is 2. The molecule has 13 heteroatoms. The molecule has 37 heavy (non-hydrogen) atoms. The Hall–Kier alpha value is -2.87. The van der Waals surface area contributed by atoms with E-state index in [1.807, 2.05) is 12.1 Å². The molecule has 0 bridgehead atoms. The molecule has 5 rings (SSSR count). The highest BCUT2D eigenvalue weighted by Crippen LogP contribution is 2.43. The van der Waals surface area contributed by atoms with Crippen LogP contribution >= 0.6 is 0 Å². The van der Waals surface area contributed by atoms with E-state index >= 15 is 0 Å². The fourth-order valence-electron chi connectivity index (χ4n) is 5.54. The molecule has 2 aliphatic rings. The Balaban J connectivity index is 1.46. The third-order valence-electron chi connectivity index (χ3n) is 7.36. The summed E-state index contributed by atoms with van der Waals surface area (Å²) in [6, 6.07) is 10.1. The van der Waals surface area contributed by atoms with Gasteiger partial charge >= 0.3 is 6.18 Å². The second-order valence-electron chi connectivity index (χ2n) is 9.56. The van der Waals surface area contributed by atoms with Crippen LogP contribution in [0.5, 0.6) is 0 Å². The summed E-state index contributed by atoms with van der Waals surface area (Å²) >= 11 is 0. The number of piperidine rings is 2. The van der Waals surface area contributed by atoms with Gasteiger partial charge in [0.25, 0.3) is 0 Å². The number of nitrogens with two attached hydrogens (primary N) is 1. The summed E-state index contributed by atoms with van der Waals surface area (Å²) in [5.74, 6) is 0.0933. The van der Waals surface area contributed by atoms with Crippen molar-refractivity contribution in [2.75, 3.05) is 26.2 Å². The zero-order chi connectivity index (χ0) is 26.2. The molecule has 198 valence electrons. The fraction of sp³-hybridized carbons (Fsp3) is 0.458. The van der Waals surface area contributed by atoms with Crippen molar-refractivity contribution >= 4 is 10.0 Å². The number of hydrogen-bond acceptors (Lipinski definition) is 7. The number of sulfonamides is 1. The summed E-state index contributed by atoms with van der Waals surface area (Å²) in [4.78, 5) is 1.51. The number of aromatic nitrogens is 4. The lowest BCUT2D eigenvalue weighted by molar-refractivity contribution is -0.139. The van der Waals surface area contributed by atoms with Crippen LogP contribution in [0.25, 0.3) is 22.5 Å². The predicted octanol–water partition coefficient (Wildman–Crippen LogP) is 3.13. The maximum atomic E-state index is 13.7. The van der Waals surface area contributed by atoms with Crippen LogP contribution in [-0.2, 0) is 16.2 Å². The summed E-state index contributed by atoms with van der Waals surface area (Å²) in [7, 11) is -4.79. The van der Waals surface area contributed by atoms with Crippen molar-refractivity contribution < 1.29 is 21.6 Å². The van der Waals surface area contributed by atoms with Crippen LogP contribution in [0.4, 0.5) is 13.2 Å². The van der Waals surface area contributed by atoms with Gasteiger partial charge in [-0.15, -0.1) is 10.2 Å². The monoisotopic (exact) mass is 535 g/mol. The van der Waals surface area contributed by atoms with E-state index in [-0.39, 0.29) is 17.0 Å². The number of aromatic amines is 1. The molecule has 3 heterocycles. The van der Waals surface area contributed by atoms with E-state index in [9.17, 15) is 21.6 Å². The van der Waals surface area contributed by atoms with Crippen LogP contribution < -0.4 is 10.5 Å². The van der Waals surface area contributed by atoms with E-state index in [2.05, 4.69) is 30.8 Å². The summed E-state index contributed by atoms with van der Waals surface area (Å²) in [5.41, 5.74) is 0.165. The standard InChI is InChI=1S/C24H28F3N7O2S/c25-24(26,27)20-6-5-19(21(22(20)37(28,35)36)23-30-32-33-31-23)17-3-1-15(2-4-17)16-9-13-34(14-10-16)18-7-11-29-12-8-18/h1-6,16,18,29H,7-14H2,(H2,28,35,36)(H,30,31,32,33). The highest BCUT2D eigenvalue weighted by Gasteiger charge is 2.40. The zero-order valence-corrected chi connectivity index (χ0v) is 20.8. The molecule has 0 aliphatic carbocycles. The molecule has 0 spiro atoms. The molecule has 2 aromatic carbocycles. The van der Waals surface area contributed by atoms with Gasteiger partial charge in [-0.25, -0.2) is 13.6 Å². The topological polar surface area (TPSA) is 130 Å². The number of likely N-dealkylation sites (tertiary alicyclic amines) is 1. The molecule has 2 saturated heterocycles. The van der Waals surface area contributed by atoms with Crippen LogP contribution in [0.3, 0.4) is 0 Å². The van der Waals surface area contributed by atoms with Crippen molar-refractivity contribution in [3.8, 4) is 22.5 Å². The molecule has 0 radical (unpaired) electrons. The number of hydrogen-bond donors (Lipinski definition) is 3. The Labute approximate surface area is 212 Å². The van der Waals surface area contributed by atoms with E-state index in [4.69, 9.17) is 5.14 Å². The summed E-state index contributed by atoms with van der Waals surface area (Å²) < 4.78 is 66.0. The highest BCUT2D eigenvalue weighted by atomic mass is 32.2. The van der Waals surface area contributed by atoms with Crippen LogP contribution in [-0.4, -0.2) is 66.2 Å². The molecule has 2 aliphatic heterocycles. The van der Waals surface area contributed by atoms with Crippen LogP contribution in [0, 0.1) is 0 Å². The molecule has 0 unspecified atom stereocenters. The molecular weight excluding hydrogens is 507 g/mol. The van der Waals surface area contributed by atoms with E-state index in [0.717, 1.165) is 50.7 Å². The van der Waals surface area contributed by atoms with Crippen LogP contribution in [0.2, 0.25) is 0 Å². The average Bonchev–Trinajstić information content (AvgIpc) is 3.42. The zero-order valence-electron chi connectivity index (χ0n) is 20.0. The summed E-state index contributed by atoms with van der Waals surface area (Å²) in [6.45, 7) is 4.20. The summed E-state index contributed by atoms with van der Waals surface area (Å²) in [5, 5.41) is 21.8. The number of nitrogens with zero attached hydrogens (tertiary/aromatic N) is 4. The Bertz CT molecular complexity index is 1330. The van der Waals surface area contributed by atoms with E-state index in [1.54, 1.807) is 12.1 Å². The van der Waals surface area contributed by atoms with Crippen molar-refractivity contribution in [3.63, 3.8) is 0 Å². The first-order chi connectivity index (χ1) is 17.6. The molecule has 0 saturated carbocycles. The van der Waals surface area contributed by atoms with E-state index in [1.165, 1.54) is 18.9 Å². The van der Waals surface area contributed by atoms with Gasteiger partial charge in [-0.2, -0.15) is 18.4 Å². The molecule has 1 aromatic heterocycles. The lowest BCUT2D eigenvalue weighted by Crippen LogP contribution is -2.46. The van der Waals surface area contributed by atoms with Gasteiger partial charge in [0.05, 0.1) is 11.1 Å². The minimum absolute atomic E-state index is 0.214. The molecule has 2 fully saturated rings. The maximum absolute atomic E-state index is 13.7. The van der Waals surface area contributed by atoms with Crippen molar-refractivity contribution in [2.45, 2.75) is 48.7 Å². The largest absolute Gasteiger partial charge is 0.417 e. The number of nitrogens with one attached hydrogen (secondary N) is 2.